The third kappa shape index (κ3) is 6.02. The van der Waals surface area contributed by atoms with Crippen LogP contribution in [0.2, 0.25) is 0 Å². The summed E-state index contributed by atoms with van der Waals surface area (Å²) in [6.45, 7) is 15.9. The Labute approximate surface area is 177 Å². The normalized spacial score (nSPS) is 12.9. The van der Waals surface area contributed by atoms with E-state index in [1.54, 1.807) is 17.8 Å². The van der Waals surface area contributed by atoms with E-state index in [1.807, 2.05) is 52.8 Å². The minimum Gasteiger partial charge on any atom is -0.507 e. The van der Waals surface area contributed by atoms with Crippen LogP contribution < -0.4 is 4.52 Å². The van der Waals surface area contributed by atoms with Gasteiger partial charge in [0.15, 0.2) is 0 Å². The molecule has 3 N–H and O–H groups in total. The van der Waals surface area contributed by atoms with E-state index >= 15 is 0 Å². The Morgan fingerprint density at radius 2 is 1.41 bits per heavy atom. The van der Waals surface area contributed by atoms with Gasteiger partial charge in [0.1, 0.15) is 11.5 Å². The smallest absolute Gasteiger partial charge is 0.507 e. The Morgan fingerprint density at radius 1 is 0.862 bits per heavy atom. The number of aromatic hydroxyl groups is 1. The van der Waals surface area contributed by atoms with Crippen molar-refractivity contribution in [1.82, 2.24) is 0 Å². The third-order valence-electron chi connectivity index (χ3n) is 4.61. The summed E-state index contributed by atoms with van der Waals surface area (Å²) in [5.74, 6) is 0.518. The highest BCUT2D eigenvalue weighted by Crippen LogP contribution is 2.46. The first-order valence-corrected chi connectivity index (χ1v) is 11.8. The zero-order valence-corrected chi connectivity index (χ0v) is 20.0. The van der Waals surface area contributed by atoms with E-state index in [9.17, 15) is 19.5 Å². The molecule has 0 heterocycles. The lowest BCUT2D eigenvalue weighted by Gasteiger charge is -2.25. The fraction of sp³-hybridized carbons (Fsp3) is 0.455. The van der Waals surface area contributed by atoms with Crippen LogP contribution in [0.5, 0.6) is 11.5 Å². The van der Waals surface area contributed by atoms with Crippen LogP contribution in [-0.4, -0.2) is 14.9 Å². The summed E-state index contributed by atoms with van der Waals surface area (Å²) < 4.78 is 16.4. The first kappa shape index (κ1) is 23.8. The molecule has 0 unspecified atom stereocenters. The van der Waals surface area contributed by atoms with Crippen LogP contribution in [0.25, 0.3) is 0 Å². The fourth-order valence-corrected chi connectivity index (χ4v) is 4.54. The summed E-state index contributed by atoms with van der Waals surface area (Å²) in [4.78, 5) is 20.5. The standard InChI is InChI=1S/C22H31O5PS/c1-13-10-18(27-28(24,25)26)16(21(3,4)5)12-19(13)29-15-9-14(2)20(23)17(11-15)22(6,7)8/h9-12,23H,1-8H3,(H2,24,25,26). The van der Waals surface area contributed by atoms with Crippen LogP contribution in [0.1, 0.15) is 63.8 Å². The maximum absolute atomic E-state index is 11.4. The zero-order valence-electron chi connectivity index (χ0n) is 18.3. The molecule has 0 saturated carbocycles. The van der Waals surface area contributed by atoms with E-state index in [-0.39, 0.29) is 16.6 Å². The molecule has 2 rings (SSSR count). The number of hydrogen-bond acceptors (Lipinski definition) is 4. The molecule has 29 heavy (non-hydrogen) atoms. The predicted octanol–water partition coefficient (Wildman–Crippen LogP) is 6.23. The van der Waals surface area contributed by atoms with Crippen molar-refractivity contribution >= 4 is 19.6 Å². The second kappa shape index (κ2) is 7.99. The molecule has 0 radical (unpaired) electrons. The fourth-order valence-electron chi connectivity index (χ4n) is 3.07. The highest BCUT2D eigenvalue weighted by molar-refractivity contribution is 7.99. The highest BCUT2D eigenvalue weighted by atomic mass is 32.2. The summed E-state index contributed by atoms with van der Waals surface area (Å²) in [6, 6.07) is 7.57. The van der Waals surface area contributed by atoms with Gasteiger partial charge in [-0.15, -0.1) is 0 Å². The molecule has 0 aliphatic rings. The van der Waals surface area contributed by atoms with Crippen LogP contribution in [0, 0.1) is 13.8 Å². The van der Waals surface area contributed by atoms with Crippen LogP contribution >= 0.6 is 19.6 Å². The number of phenolic OH excluding ortho intramolecular Hbond substituents is 1. The third-order valence-corrected chi connectivity index (χ3v) is 6.18. The Morgan fingerprint density at radius 3 is 1.90 bits per heavy atom. The highest BCUT2D eigenvalue weighted by Gasteiger charge is 2.26. The molecule has 0 saturated heterocycles. The summed E-state index contributed by atoms with van der Waals surface area (Å²) >= 11 is 1.56. The average Bonchev–Trinajstić information content (AvgIpc) is 2.49. The van der Waals surface area contributed by atoms with E-state index in [2.05, 4.69) is 20.8 Å². The number of phosphoric ester groups is 1. The number of rotatable bonds is 4. The number of aryl methyl sites for hydroxylation is 2. The molecule has 2 aromatic rings. The van der Waals surface area contributed by atoms with Crippen molar-refractivity contribution in [2.24, 2.45) is 0 Å². The summed E-state index contributed by atoms with van der Waals surface area (Å²) in [5, 5.41) is 10.5. The van der Waals surface area contributed by atoms with Gasteiger partial charge in [-0.25, -0.2) is 4.57 Å². The van der Waals surface area contributed by atoms with Gasteiger partial charge >= 0.3 is 7.82 Å². The lowest BCUT2D eigenvalue weighted by atomic mass is 9.85. The molecular formula is C22H31O5PS. The van der Waals surface area contributed by atoms with Crippen molar-refractivity contribution in [2.75, 3.05) is 0 Å². The van der Waals surface area contributed by atoms with E-state index in [0.717, 1.165) is 32.0 Å². The van der Waals surface area contributed by atoms with Gasteiger partial charge in [0.25, 0.3) is 0 Å². The van der Waals surface area contributed by atoms with Crippen molar-refractivity contribution in [1.29, 1.82) is 0 Å². The monoisotopic (exact) mass is 438 g/mol. The molecule has 160 valence electrons. The van der Waals surface area contributed by atoms with Crippen molar-refractivity contribution in [2.45, 2.75) is 76.0 Å². The van der Waals surface area contributed by atoms with E-state index in [0.29, 0.717) is 5.75 Å². The Kier molecular flexibility index (Phi) is 6.56. The molecule has 0 fully saturated rings. The van der Waals surface area contributed by atoms with Crippen LogP contribution in [0.3, 0.4) is 0 Å². The molecule has 0 aliphatic carbocycles. The second-order valence-corrected chi connectivity index (χ2v) is 11.7. The molecule has 0 aromatic heterocycles. The quantitative estimate of drug-likeness (QED) is 0.491. The number of benzene rings is 2. The molecule has 5 nitrogen and oxygen atoms in total. The van der Waals surface area contributed by atoms with Gasteiger partial charge in [0, 0.05) is 20.9 Å². The van der Waals surface area contributed by atoms with Crippen molar-refractivity contribution < 1.29 is 24.0 Å². The molecule has 0 spiro atoms. The minimum absolute atomic E-state index is 0.196. The maximum Gasteiger partial charge on any atom is 0.524 e. The molecule has 2 aromatic carbocycles. The van der Waals surface area contributed by atoms with E-state index < -0.39 is 7.82 Å². The first-order chi connectivity index (χ1) is 13.0. The van der Waals surface area contributed by atoms with Crippen molar-refractivity contribution in [3.63, 3.8) is 0 Å². The first-order valence-electron chi connectivity index (χ1n) is 9.41. The summed E-state index contributed by atoms with van der Waals surface area (Å²) in [6.07, 6.45) is 0. The predicted molar refractivity (Wildman–Crippen MR) is 118 cm³/mol. The molecule has 0 aliphatic heterocycles. The molecule has 0 atom stereocenters. The van der Waals surface area contributed by atoms with Gasteiger partial charge in [-0.1, -0.05) is 53.3 Å². The SMILES string of the molecule is Cc1cc(OP(=O)(O)O)c(C(C)(C)C)cc1Sc1cc(C)c(O)c(C(C)(C)C)c1. The van der Waals surface area contributed by atoms with Gasteiger partial charge in [0.05, 0.1) is 0 Å². The summed E-state index contributed by atoms with van der Waals surface area (Å²) in [7, 11) is -4.66. The van der Waals surface area contributed by atoms with Crippen LogP contribution in [0.15, 0.2) is 34.1 Å². The van der Waals surface area contributed by atoms with E-state index in [4.69, 9.17) is 4.52 Å². The van der Waals surface area contributed by atoms with Gasteiger partial charge in [-0.05, 0) is 60.1 Å². The van der Waals surface area contributed by atoms with E-state index in [1.165, 1.54) is 0 Å². The number of hydrogen-bond donors (Lipinski definition) is 3. The largest absolute Gasteiger partial charge is 0.524 e. The Balaban J connectivity index is 2.57. The van der Waals surface area contributed by atoms with Crippen molar-refractivity contribution in [3.8, 4) is 11.5 Å². The second-order valence-electron chi connectivity index (χ2n) is 9.43. The minimum atomic E-state index is -4.66. The lowest BCUT2D eigenvalue weighted by molar-refractivity contribution is 0.280. The topological polar surface area (TPSA) is 87.0 Å². The Hall–Kier alpha value is -1.46. The zero-order chi connectivity index (χ0) is 22.4. The number of phenols is 1. The van der Waals surface area contributed by atoms with Crippen LogP contribution in [-0.2, 0) is 15.4 Å². The van der Waals surface area contributed by atoms with Gasteiger partial charge in [-0.2, -0.15) is 0 Å². The lowest BCUT2D eigenvalue weighted by Crippen LogP contribution is -2.13. The number of phosphoric acid groups is 1. The molecule has 0 bridgehead atoms. The molecule has 7 heteroatoms. The van der Waals surface area contributed by atoms with Gasteiger partial charge < -0.3 is 9.63 Å². The Bertz CT molecular complexity index is 965. The van der Waals surface area contributed by atoms with Crippen molar-refractivity contribution in [3.05, 3.63) is 46.5 Å². The van der Waals surface area contributed by atoms with Gasteiger partial charge in [-0.3, -0.25) is 9.79 Å². The van der Waals surface area contributed by atoms with Crippen LogP contribution in [0.4, 0.5) is 0 Å². The maximum atomic E-state index is 11.4. The van der Waals surface area contributed by atoms with Gasteiger partial charge in [0.2, 0.25) is 0 Å². The summed E-state index contributed by atoms with van der Waals surface area (Å²) in [5.41, 5.74) is 2.72. The molecule has 0 amide bonds. The molecular weight excluding hydrogens is 407 g/mol. The average molecular weight is 439 g/mol.